The van der Waals surface area contributed by atoms with Crippen LogP contribution in [0.1, 0.15) is 28.8 Å². The van der Waals surface area contributed by atoms with Gasteiger partial charge in [-0.15, -0.1) is 5.10 Å². The summed E-state index contributed by atoms with van der Waals surface area (Å²) in [5.74, 6) is -0.170. The second-order valence-electron chi connectivity index (χ2n) is 7.64. The van der Waals surface area contributed by atoms with E-state index in [2.05, 4.69) is 15.6 Å². The van der Waals surface area contributed by atoms with Gasteiger partial charge in [-0.2, -0.15) is 11.3 Å². The fraction of sp³-hybridized carbons (Fsp3) is 0.217. The number of anilines is 1. The Morgan fingerprint density at radius 3 is 2.65 bits per heavy atom. The lowest BCUT2D eigenvalue weighted by molar-refractivity contribution is -0.119. The van der Waals surface area contributed by atoms with Gasteiger partial charge >= 0.3 is 0 Å². The van der Waals surface area contributed by atoms with Crippen LogP contribution in [0.3, 0.4) is 0 Å². The lowest BCUT2D eigenvalue weighted by Gasteiger charge is -2.23. The Hall–Kier alpha value is -3.52. The van der Waals surface area contributed by atoms with E-state index in [1.165, 1.54) is 0 Å². The second kappa shape index (κ2) is 8.31. The minimum absolute atomic E-state index is 0.0705. The van der Waals surface area contributed by atoms with E-state index in [-0.39, 0.29) is 18.4 Å². The number of rotatable bonds is 7. The average Bonchev–Trinajstić information content (AvgIpc) is 3.29. The molecule has 1 fully saturated rings. The normalized spacial score (nSPS) is 13.3. The zero-order valence-corrected chi connectivity index (χ0v) is 17.6. The van der Waals surface area contributed by atoms with Crippen LogP contribution < -0.4 is 10.2 Å². The van der Waals surface area contributed by atoms with Crippen molar-refractivity contribution in [1.82, 2.24) is 20.3 Å². The van der Waals surface area contributed by atoms with Crippen LogP contribution in [-0.2, 0) is 17.9 Å². The summed E-state index contributed by atoms with van der Waals surface area (Å²) in [5.41, 5.74) is 3.96. The van der Waals surface area contributed by atoms with Gasteiger partial charge in [0.25, 0.3) is 5.91 Å². The Bertz CT molecular complexity index is 1210. The minimum atomic E-state index is -0.1000. The van der Waals surface area contributed by atoms with Gasteiger partial charge in [0.1, 0.15) is 12.1 Å². The highest BCUT2D eigenvalue weighted by molar-refractivity contribution is 7.07. The van der Waals surface area contributed by atoms with Gasteiger partial charge in [-0.3, -0.25) is 9.59 Å². The van der Waals surface area contributed by atoms with Crippen molar-refractivity contribution < 1.29 is 9.59 Å². The number of carbonyl (C=O) groups excluding carboxylic acids is 2. The number of thiophene rings is 1. The zero-order valence-electron chi connectivity index (χ0n) is 16.8. The number of para-hydroxylation sites is 1. The molecule has 2 heterocycles. The number of nitrogens with zero attached hydrogens (tertiary/aromatic N) is 4. The van der Waals surface area contributed by atoms with Gasteiger partial charge in [-0.1, -0.05) is 17.3 Å². The second-order valence-corrected chi connectivity index (χ2v) is 8.42. The number of amides is 2. The summed E-state index contributed by atoms with van der Waals surface area (Å²) in [6.45, 7) is 0.525. The zero-order chi connectivity index (χ0) is 21.2. The van der Waals surface area contributed by atoms with Crippen molar-refractivity contribution in [3.63, 3.8) is 0 Å². The number of hydrogen-bond acceptors (Lipinski definition) is 5. The van der Waals surface area contributed by atoms with E-state index in [1.807, 2.05) is 53.2 Å². The summed E-state index contributed by atoms with van der Waals surface area (Å²) >= 11 is 1.60. The molecule has 5 rings (SSSR count). The molecule has 0 unspecified atom stereocenters. The molecule has 156 valence electrons. The standard InChI is InChI=1S/C23H21N5O2S/c29-22(14-28-21-4-2-1-3-20(21)25-26-28)27(13-16-11-12-31-15-16)19-9-5-17(6-10-19)23(30)24-18-7-8-18/h1-6,9-12,15,18H,7-8,13-14H2,(H,24,30). The molecule has 0 bridgehead atoms. The van der Waals surface area contributed by atoms with E-state index in [1.54, 1.807) is 33.1 Å². The summed E-state index contributed by atoms with van der Waals surface area (Å²) in [5, 5.41) is 15.3. The third-order valence-corrected chi connectivity index (χ3v) is 6.01. The number of fused-ring (bicyclic) bond motifs is 1. The van der Waals surface area contributed by atoms with E-state index >= 15 is 0 Å². The molecule has 1 N–H and O–H groups in total. The van der Waals surface area contributed by atoms with Crippen LogP contribution in [0.5, 0.6) is 0 Å². The van der Waals surface area contributed by atoms with Gasteiger partial charge in [-0.05, 0) is 71.6 Å². The first-order valence-corrected chi connectivity index (χ1v) is 11.1. The molecule has 0 radical (unpaired) electrons. The van der Waals surface area contributed by atoms with Gasteiger partial charge in [0.2, 0.25) is 5.91 Å². The molecule has 2 aromatic heterocycles. The number of aromatic nitrogens is 3. The molecule has 8 heteroatoms. The van der Waals surface area contributed by atoms with E-state index in [9.17, 15) is 9.59 Å². The molecule has 31 heavy (non-hydrogen) atoms. The van der Waals surface area contributed by atoms with Gasteiger partial charge in [0.15, 0.2) is 0 Å². The predicted octanol–water partition coefficient (Wildman–Crippen LogP) is 3.62. The third kappa shape index (κ3) is 4.34. The molecule has 0 spiro atoms. The molecular formula is C23H21N5O2S. The lowest BCUT2D eigenvalue weighted by Crippen LogP contribution is -2.33. The summed E-state index contributed by atoms with van der Waals surface area (Å²) < 4.78 is 1.62. The number of carbonyl (C=O) groups is 2. The Kier molecular flexibility index (Phi) is 5.21. The molecule has 1 aliphatic carbocycles. The number of nitrogens with one attached hydrogen (secondary N) is 1. The molecular weight excluding hydrogens is 410 g/mol. The third-order valence-electron chi connectivity index (χ3n) is 5.28. The monoisotopic (exact) mass is 431 g/mol. The summed E-state index contributed by atoms with van der Waals surface area (Å²) in [6, 6.07) is 17.1. The summed E-state index contributed by atoms with van der Waals surface area (Å²) in [6.07, 6.45) is 2.09. The fourth-order valence-corrected chi connectivity index (χ4v) is 4.09. The van der Waals surface area contributed by atoms with E-state index in [4.69, 9.17) is 0 Å². The average molecular weight is 432 g/mol. The fourth-order valence-electron chi connectivity index (χ4n) is 3.43. The maximum absolute atomic E-state index is 13.3. The number of benzene rings is 2. The van der Waals surface area contributed by atoms with E-state index in [0.717, 1.165) is 35.1 Å². The molecule has 2 aromatic carbocycles. The van der Waals surface area contributed by atoms with Crippen LogP contribution in [0.25, 0.3) is 11.0 Å². The van der Waals surface area contributed by atoms with Crippen LogP contribution in [0.2, 0.25) is 0 Å². The molecule has 2 amide bonds. The van der Waals surface area contributed by atoms with Crippen molar-refractivity contribution in [3.05, 3.63) is 76.5 Å². The SMILES string of the molecule is O=C(NC1CC1)c1ccc(N(Cc2ccsc2)C(=O)Cn2nnc3ccccc32)cc1. The molecule has 4 aromatic rings. The first-order chi connectivity index (χ1) is 15.2. The van der Waals surface area contributed by atoms with Crippen molar-refractivity contribution in [2.24, 2.45) is 0 Å². The summed E-state index contributed by atoms with van der Waals surface area (Å²) in [4.78, 5) is 27.3. The Morgan fingerprint density at radius 2 is 1.90 bits per heavy atom. The molecule has 7 nitrogen and oxygen atoms in total. The first kappa shape index (κ1) is 19.4. The van der Waals surface area contributed by atoms with Crippen LogP contribution in [0.4, 0.5) is 5.69 Å². The maximum atomic E-state index is 13.3. The molecule has 0 atom stereocenters. The predicted molar refractivity (Wildman–Crippen MR) is 120 cm³/mol. The molecule has 1 saturated carbocycles. The Morgan fingerprint density at radius 1 is 1.10 bits per heavy atom. The molecule has 0 aliphatic heterocycles. The Balaban J connectivity index is 1.39. The van der Waals surface area contributed by atoms with Gasteiger partial charge in [0.05, 0.1) is 12.1 Å². The quantitative estimate of drug-likeness (QED) is 0.485. The highest BCUT2D eigenvalue weighted by Crippen LogP contribution is 2.22. The van der Waals surface area contributed by atoms with Crippen LogP contribution in [0.15, 0.2) is 65.4 Å². The highest BCUT2D eigenvalue weighted by atomic mass is 32.1. The Labute approximate surface area is 183 Å². The smallest absolute Gasteiger partial charge is 0.251 e. The van der Waals surface area contributed by atoms with Crippen molar-refractivity contribution in [2.45, 2.75) is 32.0 Å². The largest absolute Gasteiger partial charge is 0.349 e. The van der Waals surface area contributed by atoms with Gasteiger partial charge in [-0.25, -0.2) is 4.68 Å². The van der Waals surface area contributed by atoms with Crippen LogP contribution in [-0.4, -0.2) is 32.9 Å². The van der Waals surface area contributed by atoms with Gasteiger partial charge < -0.3 is 10.2 Å². The van der Waals surface area contributed by atoms with Crippen molar-refractivity contribution in [3.8, 4) is 0 Å². The summed E-state index contributed by atoms with van der Waals surface area (Å²) in [7, 11) is 0. The maximum Gasteiger partial charge on any atom is 0.251 e. The highest BCUT2D eigenvalue weighted by Gasteiger charge is 2.24. The first-order valence-electron chi connectivity index (χ1n) is 10.2. The topological polar surface area (TPSA) is 80.1 Å². The van der Waals surface area contributed by atoms with Crippen molar-refractivity contribution >= 4 is 39.9 Å². The van der Waals surface area contributed by atoms with E-state index in [0.29, 0.717) is 18.2 Å². The van der Waals surface area contributed by atoms with E-state index < -0.39 is 0 Å². The minimum Gasteiger partial charge on any atom is -0.349 e. The van der Waals surface area contributed by atoms with Crippen molar-refractivity contribution in [1.29, 1.82) is 0 Å². The molecule has 0 saturated heterocycles. The molecule has 1 aliphatic rings. The van der Waals surface area contributed by atoms with Crippen LogP contribution in [0, 0.1) is 0 Å². The van der Waals surface area contributed by atoms with Crippen LogP contribution >= 0.6 is 11.3 Å². The van der Waals surface area contributed by atoms with Crippen molar-refractivity contribution in [2.75, 3.05) is 4.90 Å². The lowest BCUT2D eigenvalue weighted by atomic mass is 10.1. The number of hydrogen-bond donors (Lipinski definition) is 1. The van der Waals surface area contributed by atoms with Gasteiger partial charge in [0, 0.05) is 17.3 Å².